The Morgan fingerprint density at radius 3 is 1.80 bits per heavy atom. The van der Waals surface area contributed by atoms with Crippen LogP contribution in [0.15, 0.2) is 11.4 Å². The first-order valence-electron chi connectivity index (χ1n) is 7.18. The molecule has 114 valence electrons. The topological polar surface area (TPSA) is 49.9 Å². The Hall–Kier alpha value is -1.52. The van der Waals surface area contributed by atoms with Crippen molar-refractivity contribution in [1.29, 1.82) is 0 Å². The van der Waals surface area contributed by atoms with Gasteiger partial charge in [-0.15, -0.1) is 0 Å². The molecule has 0 amide bonds. The van der Waals surface area contributed by atoms with E-state index in [0.717, 1.165) is 25.3 Å². The van der Waals surface area contributed by atoms with Gasteiger partial charge in [-0.05, 0) is 41.0 Å². The summed E-state index contributed by atoms with van der Waals surface area (Å²) in [6.45, 7) is 11.4. The van der Waals surface area contributed by atoms with Crippen molar-refractivity contribution in [3.05, 3.63) is 11.4 Å². The van der Waals surface area contributed by atoms with Crippen LogP contribution in [0.1, 0.15) is 41.0 Å². The Kier molecular flexibility index (Phi) is 5.60. The fraction of sp³-hybridized carbons (Fsp3) is 0.733. The molecule has 0 atom stereocenters. The molecule has 0 aromatic heterocycles. The lowest BCUT2D eigenvalue weighted by Gasteiger charge is -2.45. The maximum Gasteiger partial charge on any atom is 0.345 e. The number of rotatable bonds is 4. The van der Waals surface area contributed by atoms with Gasteiger partial charge in [0.25, 0.3) is 0 Å². The predicted molar refractivity (Wildman–Crippen MR) is 78.0 cm³/mol. The Balaban J connectivity index is 3.44. The predicted octanol–water partition coefficient (Wildman–Crippen LogP) is 1.78. The first-order valence-corrected chi connectivity index (χ1v) is 7.18. The highest BCUT2D eigenvalue weighted by Gasteiger charge is 2.33. The summed E-state index contributed by atoms with van der Waals surface area (Å²) in [6, 6.07) is 0.455. The van der Waals surface area contributed by atoms with Crippen molar-refractivity contribution < 1.29 is 14.3 Å². The molecule has 0 aromatic carbocycles. The average Bonchev–Trinajstić information content (AvgIpc) is 2.37. The van der Waals surface area contributed by atoms with E-state index in [1.807, 2.05) is 0 Å². The van der Waals surface area contributed by atoms with Crippen LogP contribution in [0.2, 0.25) is 0 Å². The highest BCUT2D eigenvalue weighted by molar-refractivity contribution is 6.16. The molecule has 0 bridgehead atoms. The molecular formula is C15H26N2O3. The number of hydrogen-bond acceptors (Lipinski definition) is 5. The molecule has 0 aromatic rings. The van der Waals surface area contributed by atoms with Gasteiger partial charge in [-0.1, -0.05) is 0 Å². The second-order valence-corrected chi connectivity index (χ2v) is 5.67. The number of Topliss-reactive ketones (excluding diaryl/α,β-unsaturated/α-hetero) is 1. The van der Waals surface area contributed by atoms with Gasteiger partial charge in [0.15, 0.2) is 5.78 Å². The van der Waals surface area contributed by atoms with Gasteiger partial charge in [-0.25, -0.2) is 4.79 Å². The molecular weight excluding hydrogens is 256 g/mol. The van der Waals surface area contributed by atoms with E-state index in [1.165, 1.54) is 14.0 Å². The van der Waals surface area contributed by atoms with Crippen LogP contribution in [0.5, 0.6) is 0 Å². The monoisotopic (exact) mass is 282 g/mol. The second kappa shape index (κ2) is 6.77. The van der Waals surface area contributed by atoms with Gasteiger partial charge in [0.1, 0.15) is 11.4 Å². The number of hydrogen-bond donors (Lipinski definition) is 0. The van der Waals surface area contributed by atoms with Gasteiger partial charge in [0, 0.05) is 25.2 Å². The van der Waals surface area contributed by atoms with Gasteiger partial charge in [-0.2, -0.15) is 0 Å². The Bertz CT molecular complexity index is 395. The molecule has 1 aliphatic heterocycles. The molecule has 5 heteroatoms. The zero-order valence-electron chi connectivity index (χ0n) is 13.4. The molecule has 0 unspecified atom stereocenters. The summed E-state index contributed by atoms with van der Waals surface area (Å²) >= 11 is 0. The van der Waals surface area contributed by atoms with Crippen LogP contribution >= 0.6 is 0 Å². The van der Waals surface area contributed by atoms with Gasteiger partial charge >= 0.3 is 5.97 Å². The molecule has 1 saturated heterocycles. The van der Waals surface area contributed by atoms with Crippen molar-refractivity contribution in [2.24, 2.45) is 0 Å². The lowest BCUT2D eigenvalue weighted by molar-refractivity contribution is -0.138. The molecule has 0 saturated carbocycles. The van der Waals surface area contributed by atoms with Gasteiger partial charge in [-0.3, -0.25) is 4.79 Å². The standard InChI is InChI=1S/C15H26N2O3/c1-10(2)16-8-7-9-17(11(3)4)14(16)13(12(5)18)15(19)20-6/h10-11H,7-9H2,1-6H3. The molecule has 1 heterocycles. The third-order valence-corrected chi connectivity index (χ3v) is 3.55. The second-order valence-electron chi connectivity index (χ2n) is 5.67. The largest absolute Gasteiger partial charge is 0.465 e. The van der Waals surface area contributed by atoms with E-state index in [2.05, 4.69) is 37.5 Å². The SMILES string of the molecule is COC(=O)C(C(C)=O)=C1N(C(C)C)CCCN1C(C)C. The van der Waals surface area contributed by atoms with Crippen molar-refractivity contribution >= 4 is 11.8 Å². The fourth-order valence-corrected chi connectivity index (χ4v) is 2.58. The maximum absolute atomic E-state index is 12.0. The number of ether oxygens (including phenoxy) is 1. The van der Waals surface area contributed by atoms with Gasteiger partial charge in [0.2, 0.25) is 0 Å². The average molecular weight is 282 g/mol. The number of carbonyl (C=O) groups excluding carboxylic acids is 2. The first kappa shape index (κ1) is 16.5. The molecule has 0 N–H and O–H groups in total. The summed E-state index contributed by atoms with van der Waals surface area (Å²) in [5.74, 6) is -0.0728. The lowest BCUT2D eigenvalue weighted by Crippen LogP contribution is -2.50. The molecule has 1 aliphatic rings. The molecule has 0 spiro atoms. The summed E-state index contributed by atoms with van der Waals surface area (Å²) in [5.41, 5.74) is 0.162. The van der Waals surface area contributed by atoms with Crippen molar-refractivity contribution in [2.45, 2.75) is 53.1 Å². The van der Waals surface area contributed by atoms with Crippen LogP contribution in [0.25, 0.3) is 0 Å². The number of methoxy groups -OCH3 is 1. The molecule has 0 aliphatic carbocycles. The van der Waals surface area contributed by atoms with E-state index in [9.17, 15) is 9.59 Å². The Labute approximate surface area is 121 Å². The summed E-state index contributed by atoms with van der Waals surface area (Å²) in [7, 11) is 1.31. The van der Waals surface area contributed by atoms with Crippen LogP contribution in [0.3, 0.4) is 0 Å². The zero-order valence-corrected chi connectivity index (χ0v) is 13.4. The van der Waals surface area contributed by atoms with E-state index < -0.39 is 5.97 Å². The normalized spacial score (nSPS) is 15.9. The van der Waals surface area contributed by atoms with E-state index in [4.69, 9.17) is 4.74 Å². The van der Waals surface area contributed by atoms with Crippen LogP contribution in [-0.4, -0.2) is 53.8 Å². The fourth-order valence-electron chi connectivity index (χ4n) is 2.58. The van der Waals surface area contributed by atoms with Crippen molar-refractivity contribution in [3.8, 4) is 0 Å². The molecule has 1 fully saturated rings. The molecule has 0 radical (unpaired) electrons. The van der Waals surface area contributed by atoms with E-state index in [-0.39, 0.29) is 23.4 Å². The third-order valence-electron chi connectivity index (χ3n) is 3.55. The molecule has 20 heavy (non-hydrogen) atoms. The highest BCUT2D eigenvalue weighted by Crippen LogP contribution is 2.27. The van der Waals surface area contributed by atoms with E-state index in [1.54, 1.807) is 0 Å². The van der Waals surface area contributed by atoms with E-state index in [0.29, 0.717) is 0 Å². The summed E-state index contributed by atoms with van der Waals surface area (Å²) in [5, 5.41) is 0. The number of esters is 1. The smallest absolute Gasteiger partial charge is 0.345 e. The van der Waals surface area contributed by atoms with Crippen LogP contribution in [0.4, 0.5) is 0 Å². The minimum Gasteiger partial charge on any atom is -0.465 e. The van der Waals surface area contributed by atoms with Crippen molar-refractivity contribution in [2.75, 3.05) is 20.2 Å². The minimum atomic E-state index is -0.550. The minimum absolute atomic E-state index is 0.162. The van der Waals surface area contributed by atoms with E-state index >= 15 is 0 Å². The maximum atomic E-state index is 12.0. The van der Waals surface area contributed by atoms with Crippen LogP contribution < -0.4 is 0 Å². The molecule has 1 rings (SSSR count). The number of nitrogens with zero attached hydrogens (tertiary/aromatic N) is 2. The van der Waals surface area contributed by atoms with Crippen molar-refractivity contribution in [1.82, 2.24) is 9.80 Å². The number of ketones is 1. The Morgan fingerprint density at radius 1 is 1.05 bits per heavy atom. The van der Waals surface area contributed by atoms with Crippen LogP contribution in [-0.2, 0) is 14.3 Å². The lowest BCUT2D eigenvalue weighted by atomic mass is 10.1. The molecule has 5 nitrogen and oxygen atoms in total. The zero-order chi connectivity index (χ0) is 15.4. The third kappa shape index (κ3) is 3.32. The van der Waals surface area contributed by atoms with Gasteiger partial charge in [0.05, 0.1) is 7.11 Å². The highest BCUT2D eigenvalue weighted by atomic mass is 16.5. The summed E-state index contributed by atoms with van der Waals surface area (Å²) in [4.78, 5) is 28.2. The van der Waals surface area contributed by atoms with Crippen LogP contribution in [0, 0.1) is 0 Å². The Morgan fingerprint density at radius 2 is 1.50 bits per heavy atom. The van der Waals surface area contributed by atoms with Gasteiger partial charge < -0.3 is 14.5 Å². The summed E-state index contributed by atoms with van der Waals surface area (Å²) < 4.78 is 4.81. The van der Waals surface area contributed by atoms with Crippen molar-refractivity contribution in [3.63, 3.8) is 0 Å². The number of carbonyl (C=O) groups is 2. The first-order chi connectivity index (χ1) is 9.31. The summed E-state index contributed by atoms with van der Waals surface area (Å²) in [6.07, 6.45) is 1.02. The quantitative estimate of drug-likeness (QED) is 0.340.